The summed E-state index contributed by atoms with van der Waals surface area (Å²) in [6.45, 7) is 1.89. The molecule has 2 aromatic carbocycles. The van der Waals surface area contributed by atoms with E-state index in [1.807, 2.05) is 37.3 Å². The first kappa shape index (κ1) is 12.9. The van der Waals surface area contributed by atoms with Crippen LogP contribution in [-0.4, -0.2) is 4.98 Å². The van der Waals surface area contributed by atoms with Crippen LogP contribution in [0.1, 0.15) is 5.01 Å². The highest BCUT2D eigenvalue weighted by molar-refractivity contribution is 7.15. The zero-order valence-electron chi connectivity index (χ0n) is 10.7. The monoisotopic (exact) mass is 287 g/mol. The molecule has 100 valence electrons. The summed E-state index contributed by atoms with van der Waals surface area (Å²) < 4.78 is 26.8. The minimum Gasteiger partial charge on any atom is -0.241 e. The van der Waals surface area contributed by atoms with E-state index in [0.29, 0.717) is 5.56 Å². The average molecular weight is 287 g/mol. The van der Waals surface area contributed by atoms with Gasteiger partial charge in [-0.2, -0.15) is 0 Å². The predicted octanol–water partition coefficient (Wildman–Crippen LogP) is 5.06. The molecule has 20 heavy (non-hydrogen) atoms. The summed E-state index contributed by atoms with van der Waals surface area (Å²) in [5.74, 6) is -1.16. The fourth-order valence-electron chi connectivity index (χ4n) is 2.10. The van der Waals surface area contributed by atoms with E-state index in [1.165, 1.54) is 23.5 Å². The fourth-order valence-corrected chi connectivity index (χ4v) is 3.03. The number of aromatic nitrogens is 1. The molecule has 0 radical (unpaired) electrons. The standard InChI is InChI=1S/C16H11F2NS/c1-10-19-15(11-5-3-2-4-6-11)16(20-10)12-7-13(17)9-14(18)8-12/h2-9H,1H3. The number of nitrogens with zero attached hydrogens (tertiary/aromatic N) is 1. The van der Waals surface area contributed by atoms with Gasteiger partial charge in [-0.15, -0.1) is 11.3 Å². The first-order chi connectivity index (χ1) is 9.63. The molecule has 0 aliphatic rings. The van der Waals surface area contributed by atoms with E-state index in [1.54, 1.807) is 0 Å². The first-order valence-electron chi connectivity index (χ1n) is 6.13. The summed E-state index contributed by atoms with van der Waals surface area (Å²) in [4.78, 5) is 5.27. The highest BCUT2D eigenvalue weighted by Crippen LogP contribution is 2.37. The van der Waals surface area contributed by atoms with Crippen molar-refractivity contribution < 1.29 is 8.78 Å². The van der Waals surface area contributed by atoms with Crippen molar-refractivity contribution in [2.24, 2.45) is 0 Å². The molecule has 1 heterocycles. The molecule has 3 aromatic rings. The van der Waals surface area contributed by atoms with E-state index < -0.39 is 11.6 Å². The molecule has 0 N–H and O–H groups in total. The van der Waals surface area contributed by atoms with E-state index in [4.69, 9.17) is 0 Å². The van der Waals surface area contributed by atoms with Crippen LogP contribution in [0.3, 0.4) is 0 Å². The van der Waals surface area contributed by atoms with Crippen LogP contribution < -0.4 is 0 Å². The minimum atomic E-state index is -0.579. The fraction of sp³-hybridized carbons (Fsp3) is 0.0625. The van der Waals surface area contributed by atoms with Gasteiger partial charge < -0.3 is 0 Å². The SMILES string of the molecule is Cc1nc(-c2ccccc2)c(-c2cc(F)cc(F)c2)s1. The Bertz CT molecular complexity index is 730. The number of aryl methyl sites for hydroxylation is 1. The molecule has 0 atom stereocenters. The van der Waals surface area contributed by atoms with E-state index >= 15 is 0 Å². The summed E-state index contributed by atoms with van der Waals surface area (Å²) in [7, 11) is 0. The van der Waals surface area contributed by atoms with Gasteiger partial charge in [0.25, 0.3) is 0 Å². The lowest BCUT2D eigenvalue weighted by Gasteiger charge is -2.03. The summed E-state index contributed by atoms with van der Waals surface area (Å²) in [5.41, 5.74) is 2.22. The lowest BCUT2D eigenvalue weighted by molar-refractivity contribution is 0.584. The third-order valence-electron chi connectivity index (χ3n) is 2.91. The van der Waals surface area contributed by atoms with Gasteiger partial charge in [-0.3, -0.25) is 0 Å². The maximum Gasteiger partial charge on any atom is 0.126 e. The Labute approximate surface area is 119 Å². The number of hydrogen-bond donors (Lipinski definition) is 0. The maximum atomic E-state index is 13.4. The molecule has 0 amide bonds. The van der Waals surface area contributed by atoms with Crippen molar-refractivity contribution >= 4 is 11.3 Å². The van der Waals surface area contributed by atoms with Crippen molar-refractivity contribution in [1.82, 2.24) is 4.98 Å². The van der Waals surface area contributed by atoms with E-state index in [0.717, 1.165) is 27.2 Å². The van der Waals surface area contributed by atoms with Gasteiger partial charge >= 0.3 is 0 Å². The zero-order valence-corrected chi connectivity index (χ0v) is 11.5. The smallest absolute Gasteiger partial charge is 0.126 e. The molecular formula is C16H11F2NS. The average Bonchev–Trinajstić information content (AvgIpc) is 2.81. The lowest BCUT2D eigenvalue weighted by Crippen LogP contribution is -1.85. The molecule has 3 rings (SSSR count). The second-order valence-corrected chi connectivity index (χ2v) is 5.64. The Morgan fingerprint density at radius 3 is 2.20 bits per heavy atom. The minimum absolute atomic E-state index is 0.520. The Kier molecular flexibility index (Phi) is 3.32. The molecule has 1 aromatic heterocycles. The highest BCUT2D eigenvalue weighted by Gasteiger charge is 2.14. The number of thiazole rings is 1. The van der Waals surface area contributed by atoms with Gasteiger partial charge in [-0.1, -0.05) is 30.3 Å². The van der Waals surface area contributed by atoms with Gasteiger partial charge in [0.15, 0.2) is 0 Å². The van der Waals surface area contributed by atoms with E-state index in [-0.39, 0.29) is 0 Å². The Morgan fingerprint density at radius 2 is 1.55 bits per heavy atom. The Morgan fingerprint density at radius 1 is 0.900 bits per heavy atom. The largest absolute Gasteiger partial charge is 0.241 e. The van der Waals surface area contributed by atoms with Crippen LogP contribution in [0.15, 0.2) is 48.5 Å². The van der Waals surface area contributed by atoms with Crippen LogP contribution >= 0.6 is 11.3 Å². The van der Waals surface area contributed by atoms with Gasteiger partial charge in [-0.25, -0.2) is 13.8 Å². The van der Waals surface area contributed by atoms with Crippen LogP contribution in [0.5, 0.6) is 0 Å². The summed E-state index contributed by atoms with van der Waals surface area (Å²) in [5, 5.41) is 0.864. The number of halogens is 2. The van der Waals surface area contributed by atoms with Crippen molar-refractivity contribution in [2.45, 2.75) is 6.92 Å². The molecule has 0 unspecified atom stereocenters. The summed E-state index contributed by atoms with van der Waals surface area (Å²) >= 11 is 1.44. The molecular weight excluding hydrogens is 276 g/mol. The van der Waals surface area contributed by atoms with E-state index in [9.17, 15) is 8.78 Å². The second-order valence-electron chi connectivity index (χ2n) is 4.43. The maximum absolute atomic E-state index is 13.4. The van der Waals surface area contributed by atoms with Crippen LogP contribution in [0, 0.1) is 18.6 Å². The predicted molar refractivity (Wildman–Crippen MR) is 77.6 cm³/mol. The van der Waals surface area contributed by atoms with Crippen molar-refractivity contribution in [3.63, 3.8) is 0 Å². The zero-order chi connectivity index (χ0) is 14.1. The van der Waals surface area contributed by atoms with Gasteiger partial charge in [-0.05, 0) is 24.6 Å². The van der Waals surface area contributed by atoms with Gasteiger partial charge in [0, 0.05) is 11.6 Å². The topological polar surface area (TPSA) is 12.9 Å². The van der Waals surface area contributed by atoms with Crippen LogP contribution in [-0.2, 0) is 0 Å². The number of rotatable bonds is 2. The molecule has 0 bridgehead atoms. The van der Waals surface area contributed by atoms with Crippen LogP contribution in [0.4, 0.5) is 8.78 Å². The molecule has 1 nitrogen and oxygen atoms in total. The molecule has 0 saturated carbocycles. The molecule has 0 aliphatic heterocycles. The molecule has 0 spiro atoms. The quantitative estimate of drug-likeness (QED) is 0.641. The molecule has 0 aliphatic carbocycles. The van der Waals surface area contributed by atoms with Crippen molar-refractivity contribution in [2.75, 3.05) is 0 Å². The lowest BCUT2D eigenvalue weighted by atomic mass is 10.1. The Hall–Kier alpha value is -2.07. The van der Waals surface area contributed by atoms with Crippen LogP contribution in [0.25, 0.3) is 21.7 Å². The molecule has 4 heteroatoms. The van der Waals surface area contributed by atoms with E-state index in [2.05, 4.69) is 4.98 Å². The first-order valence-corrected chi connectivity index (χ1v) is 6.94. The summed E-state index contributed by atoms with van der Waals surface area (Å²) in [6.07, 6.45) is 0. The van der Waals surface area contributed by atoms with Crippen LogP contribution in [0.2, 0.25) is 0 Å². The van der Waals surface area contributed by atoms with Crippen molar-refractivity contribution in [3.8, 4) is 21.7 Å². The number of hydrogen-bond acceptors (Lipinski definition) is 2. The third-order valence-corrected chi connectivity index (χ3v) is 3.93. The summed E-state index contributed by atoms with van der Waals surface area (Å²) in [6, 6.07) is 13.2. The second kappa shape index (κ2) is 5.13. The van der Waals surface area contributed by atoms with Gasteiger partial charge in [0.1, 0.15) is 11.6 Å². The van der Waals surface area contributed by atoms with Gasteiger partial charge in [0.2, 0.25) is 0 Å². The van der Waals surface area contributed by atoms with Crippen molar-refractivity contribution in [1.29, 1.82) is 0 Å². The van der Waals surface area contributed by atoms with Crippen molar-refractivity contribution in [3.05, 3.63) is 65.2 Å². The number of benzene rings is 2. The molecule has 0 fully saturated rings. The van der Waals surface area contributed by atoms with Gasteiger partial charge in [0.05, 0.1) is 15.6 Å². The highest BCUT2D eigenvalue weighted by atomic mass is 32.1. The normalized spacial score (nSPS) is 10.8. The molecule has 0 saturated heterocycles. The third kappa shape index (κ3) is 2.47. The Balaban J connectivity index is 2.19.